The Balaban J connectivity index is 2.25. The SMILES string of the molecule is CC(C)COC(=O)N1CCC(CO)C1. The first-order valence-electron chi connectivity index (χ1n) is 5.16. The summed E-state index contributed by atoms with van der Waals surface area (Å²) in [5.41, 5.74) is 0. The molecule has 4 heteroatoms. The Kier molecular flexibility index (Phi) is 4.20. The van der Waals surface area contributed by atoms with Crippen LogP contribution in [0.15, 0.2) is 0 Å². The fourth-order valence-electron chi connectivity index (χ4n) is 1.48. The normalized spacial score (nSPS) is 21.7. The van der Waals surface area contributed by atoms with E-state index in [1.54, 1.807) is 4.90 Å². The summed E-state index contributed by atoms with van der Waals surface area (Å²) in [4.78, 5) is 13.1. The number of amides is 1. The number of aliphatic hydroxyl groups excluding tert-OH is 1. The number of hydrogen-bond donors (Lipinski definition) is 1. The van der Waals surface area contributed by atoms with E-state index < -0.39 is 0 Å². The molecule has 0 aromatic heterocycles. The fourth-order valence-corrected chi connectivity index (χ4v) is 1.48. The van der Waals surface area contributed by atoms with Gasteiger partial charge in [0.25, 0.3) is 0 Å². The number of nitrogens with zero attached hydrogens (tertiary/aromatic N) is 1. The molecular formula is C10H19NO3. The monoisotopic (exact) mass is 201 g/mol. The molecule has 1 amide bonds. The minimum atomic E-state index is -0.241. The van der Waals surface area contributed by atoms with Crippen molar-refractivity contribution in [1.29, 1.82) is 0 Å². The highest BCUT2D eigenvalue weighted by Crippen LogP contribution is 2.16. The van der Waals surface area contributed by atoms with E-state index in [2.05, 4.69) is 0 Å². The maximum atomic E-state index is 11.4. The predicted octanol–water partition coefficient (Wildman–Crippen LogP) is 1.09. The maximum Gasteiger partial charge on any atom is 0.409 e. The van der Waals surface area contributed by atoms with Crippen LogP contribution < -0.4 is 0 Å². The van der Waals surface area contributed by atoms with Gasteiger partial charge in [0.1, 0.15) is 0 Å². The lowest BCUT2D eigenvalue weighted by atomic mass is 10.1. The molecule has 1 fully saturated rings. The van der Waals surface area contributed by atoms with Gasteiger partial charge in [-0.15, -0.1) is 0 Å². The van der Waals surface area contributed by atoms with Crippen molar-refractivity contribution in [3.63, 3.8) is 0 Å². The maximum absolute atomic E-state index is 11.4. The van der Waals surface area contributed by atoms with Gasteiger partial charge >= 0.3 is 6.09 Å². The molecule has 1 unspecified atom stereocenters. The summed E-state index contributed by atoms with van der Waals surface area (Å²) >= 11 is 0. The second kappa shape index (κ2) is 5.20. The van der Waals surface area contributed by atoms with Crippen molar-refractivity contribution in [2.45, 2.75) is 20.3 Å². The van der Waals surface area contributed by atoms with Gasteiger partial charge in [0, 0.05) is 25.6 Å². The highest BCUT2D eigenvalue weighted by molar-refractivity contribution is 5.67. The number of carbonyl (C=O) groups is 1. The molecule has 1 aliphatic heterocycles. The Labute approximate surface area is 84.8 Å². The second-order valence-corrected chi connectivity index (χ2v) is 4.25. The van der Waals surface area contributed by atoms with Crippen molar-refractivity contribution in [1.82, 2.24) is 4.90 Å². The quantitative estimate of drug-likeness (QED) is 0.743. The van der Waals surface area contributed by atoms with Crippen LogP contribution in [0.1, 0.15) is 20.3 Å². The van der Waals surface area contributed by atoms with Gasteiger partial charge in [-0.1, -0.05) is 13.8 Å². The molecule has 0 aromatic carbocycles. The second-order valence-electron chi connectivity index (χ2n) is 4.25. The van der Waals surface area contributed by atoms with Crippen LogP contribution in [0.2, 0.25) is 0 Å². The van der Waals surface area contributed by atoms with Gasteiger partial charge in [-0.3, -0.25) is 0 Å². The van der Waals surface area contributed by atoms with Crippen molar-refractivity contribution < 1.29 is 14.6 Å². The van der Waals surface area contributed by atoms with Gasteiger partial charge < -0.3 is 14.7 Å². The number of rotatable bonds is 3. The molecule has 0 aromatic rings. The Morgan fingerprint density at radius 2 is 2.36 bits per heavy atom. The molecule has 14 heavy (non-hydrogen) atoms. The Morgan fingerprint density at radius 3 is 2.86 bits per heavy atom. The minimum Gasteiger partial charge on any atom is -0.449 e. The zero-order chi connectivity index (χ0) is 10.6. The molecule has 0 bridgehead atoms. The van der Waals surface area contributed by atoms with Crippen LogP contribution in [-0.2, 0) is 4.74 Å². The molecule has 1 saturated heterocycles. The molecule has 1 aliphatic rings. The van der Waals surface area contributed by atoms with E-state index >= 15 is 0 Å². The molecule has 0 spiro atoms. The first kappa shape index (κ1) is 11.3. The average Bonchev–Trinajstić information content (AvgIpc) is 2.62. The van der Waals surface area contributed by atoms with Gasteiger partial charge in [0.15, 0.2) is 0 Å². The van der Waals surface area contributed by atoms with Crippen molar-refractivity contribution >= 4 is 6.09 Å². The highest BCUT2D eigenvalue weighted by atomic mass is 16.6. The van der Waals surface area contributed by atoms with Crippen LogP contribution in [0.4, 0.5) is 4.79 Å². The summed E-state index contributed by atoms with van der Waals surface area (Å²) in [5, 5.41) is 8.90. The molecular weight excluding hydrogens is 182 g/mol. The largest absolute Gasteiger partial charge is 0.449 e. The van der Waals surface area contributed by atoms with Crippen LogP contribution in [-0.4, -0.2) is 42.4 Å². The van der Waals surface area contributed by atoms with Gasteiger partial charge in [0.2, 0.25) is 0 Å². The van der Waals surface area contributed by atoms with Crippen LogP contribution in [0.3, 0.4) is 0 Å². The number of aliphatic hydroxyl groups is 1. The van der Waals surface area contributed by atoms with Gasteiger partial charge in [-0.2, -0.15) is 0 Å². The topological polar surface area (TPSA) is 49.8 Å². The van der Waals surface area contributed by atoms with Crippen LogP contribution in [0.25, 0.3) is 0 Å². The third-order valence-corrected chi connectivity index (χ3v) is 2.34. The smallest absolute Gasteiger partial charge is 0.409 e. The van der Waals surface area contributed by atoms with E-state index in [9.17, 15) is 4.79 Å². The lowest BCUT2D eigenvalue weighted by Crippen LogP contribution is -2.30. The van der Waals surface area contributed by atoms with Gasteiger partial charge in [-0.05, 0) is 12.3 Å². The van der Waals surface area contributed by atoms with E-state index in [0.717, 1.165) is 6.42 Å². The summed E-state index contributed by atoms with van der Waals surface area (Å²) in [6.07, 6.45) is 0.641. The Bertz CT molecular complexity index is 194. The summed E-state index contributed by atoms with van der Waals surface area (Å²) in [6.45, 7) is 5.99. The van der Waals surface area contributed by atoms with Crippen molar-refractivity contribution in [2.75, 3.05) is 26.3 Å². The first-order valence-corrected chi connectivity index (χ1v) is 5.16. The molecule has 0 saturated carbocycles. The summed E-state index contributed by atoms with van der Waals surface area (Å²) in [7, 11) is 0. The number of ether oxygens (including phenoxy) is 1. The summed E-state index contributed by atoms with van der Waals surface area (Å²) in [5.74, 6) is 0.608. The van der Waals surface area contributed by atoms with Crippen molar-refractivity contribution in [3.05, 3.63) is 0 Å². The van der Waals surface area contributed by atoms with Gasteiger partial charge in [0.05, 0.1) is 6.61 Å². The van der Waals surface area contributed by atoms with Crippen molar-refractivity contribution in [2.24, 2.45) is 11.8 Å². The van der Waals surface area contributed by atoms with E-state index in [0.29, 0.717) is 25.6 Å². The Hall–Kier alpha value is -0.770. The standard InChI is InChI=1S/C10H19NO3/c1-8(2)7-14-10(13)11-4-3-9(5-11)6-12/h8-9,12H,3-7H2,1-2H3. The summed E-state index contributed by atoms with van der Waals surface area (Å²) in [6, 6.07) is 0. The van der Waals surface area contributed by atoms with Crippen LogP contribution in [0, 0.1) is 11.8 Å². The molecule has 1 N–H and O–H groups in total. The number of hydrogen-bond acceptors (Lipinski definition) is 3. The van der Waals surface area contributed by atoms with Crippen molar-refractivity contribution in [3.8, 4) is 0 Å². The predicted molar refractivity (Wildman–Crippen MR) is 53.0 cm³/mol. The Morgan fingerprint density at radius 1 is 1.64 bits per heavy atom. The number of likely N-dealkylation sites (tertiary alicyclic amines) is 1. The minimum absolute atomic E-state index is 0.161. The lowest BCUT2D eigenvalue weighted by Gasteiger charge is -2.16. The van der Waals surface area contributed by atoms with E-state index in [-0.39, 0.29) is 18.6 Å². The zero-order valence-electron chi connectivity index (χ0n) is 8.90. The third kappa shape index (κ3) is 3.18. The molecule has 4 nitrogen and oxygen atoms in total. The first-order chi connectivity index (χ1) is 6.63. The fraction of sp³-hybridized carbons (Fsp3) is 0.900. The van der Waals surface area contributed by atoms with Crippen LogP contribution >= 0.6 is 0 Å². The molecule has 1 heterocycles. The third-order valence-electron chi connectivity index (χ3n) is 2.34. The van der Waals surface area contributed by atoms with E-state index in [1.807, 2.05) is 13.8 Å². The highest BCUT2D eigenvalue weighted by Gasteiger charge is 2.26. The molecule has 82 valence electrons. The zero-order valence-corrected chi connectivity index (χ0v) is 8.90. The molecule has 0 aliphatic carbocycles. The van der Waals surface area contributed by atoms with Crippen LogP contribution in [0.5, 0.6) is 0 Å². The average molecular weight is 201 g/mol. The molecule has 1 rings (SSSR count). The lowest BCUT2D eigenvalue weighted by molar-refractivity contribution is 0.0970. The van der Waals surface area contributed by atoms with E-state index in [1.165, 1.54) is 0 Å². The summed E-state index contributed by atoms with van der Waals surface area (Å²) < 4.78 is 5.09. The molecule has 0 radical (unpaired) electrons. The number of carbonyl (C=O) groups excluding carboxylic acids is 1. The van der Waals surface area contributed by atoms with E-state index in [4.69, 9.17) is 9.84 Å². The molecule has 1 atom stereocenters. The van der Waals surface area contributed by atoms with Gasteiger partial charge in [-0.25, -0.2) is 4.79 Å².